The van der Waals surface area contributed by atoms with Crippen LogP contribution in [0.5, 0.6) is 5.75 Å². The van der Waals surface area contributed by atoms with Gasteiger partial charge < -0.3 is 10.4 Å². The number of halogens is 1. The number of nitrogens with zero attached hydrogens (tertiary/aromatic N) is 1. The molecule has 4 nitrogen and oxygen atoms in total. The number of carbonyl (C=O) groups excluding carboxylic acids is 1. The first-order valence-electron chi connectivity index (χ1n) is 5.28. The molecule has 0 fully saturated rings. The molecule has 0 spiro atoms. The van der Waals surface area contributed by atoms with Crippen molar-refractivity contribution in [3.8, 4) is 5.75 Å². The summed E-state index contributed by atoms with van der Waals surface area (Å²) in [7, 11) is 0. The summed E-state index contributed by atoms with van der Waals surface area (Å²) in [6.45, 7) is 2.01. The molecular weight excluding hydrogens is 343 g/mol. The van der Waals surface area contributed by atoms with Gasteiger partial charge in [-0.1, -0.05) is 6.07 Å². The number of aryl methyl sites for hydroxylation is 1. The number of aromatic nitrogens is 1. The van der Waals surface area contributed by atoms with Gasteiger partial charge in [0.25, 0.3) is 5.91 Å². The Hall–Kier alpha value is -1.63. The van der Waals surface area contributed by atoms with Gasteiger partial charge in [-0.25, -0.2) is 0 Å². The molecule has 0 aliphatic carbocycles. The Bertz CT molecular complexity index is 599. The maximum Gasteiger partial charge on any atom is 0.257 e. The van der Waals surface area contributed by atoms with Crippen LogP contribution < -0.4 is 5.32 Å². The lowest BCUT2D eigenvalue weighted by Gasteiger charge is -2.07. The van der Waals surface area contributed by atoms with E-state index >= 15 is 0 Å². The number of anilines is 1. The highest BCUT2D eigenvalue weighted by molar-refractivity contribution is 14.1. The van der Waals surface area contributed by atoms with Gasteiger partial charge in [0.1, 0.15) is 5.75 Å². The zero-order valence-electron chi connectivity index (χ0n) is 9.64. The quantitative estimate of drug-likeness (QED) is 0.816. The number of pyridine rings is 1. The average Bonchev–Trinajstić information content (AvgIpc) is 2.34. The van der Waals surface area contributed by atoms with E-state index in [4.69, 9.17) is 0 Å². The zero-order valence-corrected chi connectivity index (χ0v) is 11.8. The first-order chi connectivity index (χ1) is 8.56. The third-order valence-corrected chi connectivity index (χ3v) is 3.58. The van der Waals surface area contributed by atoms with E-state index in [0.717, 1.165) is 14.8 Å². The molecule has 92 valence electrons. The number of rotatable bonds is 2. The van der Waals surface area contributed by atoms with Gasteiger partial charge in [-0.15, -0.1) is 0 Å². The molecular formula is C13H11IN2O2. The molecule has 1 heterocycles. The molecule has 0 radical (unpaired) electrons. The van der Waals surface area contributed by atoms with Gasteiger partial charge in [0, 0.05) is 15.5 Å². The molecule has 5 heteroatoms. The number of nitrogens with one attached hydrogen (secondary N) is 1. The number of aromatic hydroxyl groups is 1. The first-order valence-corrected chi connectivity index (χ1v) is 6.35. The van der Waals surface area contributed by atoms with Crippen LogP contribution in [0.4, 0.5) is 5.69 Å². The van der Waals surface area contributed by atoms with Crippen molar-refractivity contribution in [3.05, 3.63) is 51.4 Å². The number of carbonyl (C=O) groups is 1. The van der Waals surface area contributed by atoms with Crippen molar-refractivity contribution in [1.82, 2.24) is 4.98 Å². The number of hydrogen-bond donors (Lipinski definition) is 2. The Morgan fingerprint density at radius 2 is 2.11 bits per heavy atom. The minimum absolute atomic E-state index is 0.0267. The fourth-order valence-electron chi connectivity index (χ4n) is 1.43. The third kappa shape index (κ3) is 2.98. The fourth-order valence-corrected chi connectivity index (χ4v) is 1.94. The van der Waals surface area contributed by atoms with E-state index in [1.807, 2.05) is 25.1 Å². The number of amides is 1. The van der Waals surface area contributed by atoms with Gasteiger partial charge in [0.05, 0.1) is 11.8 Å². The Balaban J connectivity index is 2.18. The molecule has 0 unspecified atom stereocenters. The van der Waals surface area contributed by atoms with Crippen molar-refractivity contribution in [2.24, 2.45) is 0 Å². The minimum Gasteiger partial charge on any atom is -0.506 e. The van der Waals surface area contributed by atoms with Gasteiger partial charge in [-0.2, -0.15) is 0 Å². The maximum absolute atomic E-state index is 11.9. The summed E-state index contributed by atoms with van der Waals surface area (Å²) in [6.07, 6.45) is 2.69. The van der Waals surface area contributed by atoms with Crippen LogP contribution in [0, 0.1) is 10.5 Å². The monoisotopic (exact) mass is 354 g/mol. The van der Waals surface area contributed by atoms with Crippen molar-refractivity contribution in [2.75, 3.05) is 5.32 Å². The van der Waals surface area contributed by atoms with E-state index in [2.05, 4.69) is 32.9 Å². The van der Waals surface area contributed by atoms with Crippen LogP contribution in [0.1, 0.15) is 15.9 Å². The van der Waals surface area contributed by atoms with E-state index in [9.17, 15) is 9.90 Å². The third-order valence-electron chi connectivity index (χ3n) is 2.42. The Kier molecular flexibility index (Phi) is 3.81. The van der Waals surface area contributed by atoms with Crippen molar-refractivity contribution >= 4 is 34.2 Å². The van der Waals surface area contributed by atoms with E-state index in [1.165, 1.54) is 18.5 Å². The largest absolute Gasteiger partial charge is 0.506 e. The van der Waals surface area contributed by atoms with Crippen LogP contribution in [-0.4, -0.2) is 16.0 Å². The van der Waals surface area contributed by atoms with Crippen LogP contribution in [0.15, 0.2) is 36.7 Å². The van der Waals surface area contributed by atoms with Gasteiger partial charge >= 0.3 is 0 Å². The van der Waals surface area contributed by atoms with Crippen molar-refractivity contribution in [1.29, 1.82) is 0 Å². The summed E-state index contributed by atoms with van der Waals surface area (Å²) in [5.74, 6) is -0.320. The molecule has 0 aliphatic rings. The zero-order chi connectivity index (χ0) is 13.1. The number of hydrogen-bond acceptors (Lipinski definition) is 3. The summed E-state index contributed by atoms with van der Waals surface area (Å²) in [4.78, 5) is 15.7. The second kappa shape index (κ2) is 5.34. The van der Waals surface area contributed by atoms with Gasteiger partial charge in [0.2, 0.25) is 0 Å². The normalized spacial score (nSPS) is 10.1. The second-order valence-electron chi connectivity index (χ2n) is 3.85. The molecule has 18 heavy (non-hydrogen) atoms. The minimum atomic E-state index is -0.293. The summed E-state index contributed by atoms with van der Waals surface area (Å²) in [5, 5.41) is 12.0. The van der Waals surface area contributed by atoms with E-state index in [-0.39, 0.29) is 11.7 Å². The lowest BCUT2D eigenvalue weighted by Crippen LogP contribution is -2.12. The Labute approximate surface area is 118 Å². The van der Waals surface area contributed by atoms with E-state index < -0.39 is 0 Å². The SMILES string of the molecule is Cc1ccc(NC(=O)c2cncc(O)c2)cc1I. The fraction of sp³-hybridized carbons (Fsp3) is 0.0769. The maximum atomic E-state index is 11.9. The Morgan fingerprint density at radius 1 is 1.33 bits per heavy atom. The molecule has 1 aromatic heterocycles. The topological polar surface area (TPSA) is 62.2 Å². The average molecular weight is 354 g/mol. The molecule has 0 aliphatic heterocycles. The van der Waals surface area contributed by atoms with Crippen molar-refractivity contribution in [2.45, 2.75) is 6.92 Å². The molecule has 1 amide bonds. The molecule has 2 aromatic rings. The van der Waals surface area contributed by atoms with Gasteiger partial charge in [0.15, 0.2) is 0 Å². The molecule has 2 rings (SSSR count). The smallest absolute Gasteiger partial charge is 0.257 e. The lowest BCUT2D eigenvalue weighted by atomic mass is 10.2. The van der Waals surface area contributed by atoms with Crippen molar-refractivity contribution in [3.63, 3.8) is 0 Å². The van der Waals surface area contributed by atoms with Crippen LogP contribution in [0.2, 0.25) is 0 Å². The predicted octanol–water partition coefficient (Wildman–Crippen LogP) is 2.95. The molecule has 0 saturated carbocycles. The highest BCUT2D eigenvalue weighted by atomic mass is 127. The van der Waals surface area contributed by atoms with Gasteiger partial charge in [-0.3, -0.25) is 9.78 Å². The standard InChI is InChI=1S/C13H11IN2O2/c1-8-2-3-10(5-12(8)14)16-13(18)9-4-11(17)7-15-6-9/h2-7,17H,1H3,(H,16,18). The molecule has 0 atom stereocenters. The van der Waals surface area contributed by atoms with E-state index in [0.29, 0.717) is 5.56 Å². The molecule has 1 aromatic carbocycles. The molecule has 0 saturated heterocycles. The van der Waals surface area contributed by atoms with E-state index in [1.54, 1.807) is 0 Å². The highest BCUT2D eigenvalue weighted by Crippen LogP contribution is 2.18. The van der Waals surface area contributed by atoms with Crippen LogP contribution >= 0.6 is 22.6 Å². The summed E-state index contributed by atoms with van der Waals surface area (Å²) < 4.78 is 1.08. The molecule has 0 bridgehead atoms. The Morgan fingerprint density at radius 3 is 2.78 bits per heavy atom. The van der Waals surface area contributed by atoms with Gasteiger partial charge in [-0.05, 0) is 53.3 Å². The van der Waals surface area contributed by atoms with Crippen LogP contribution in [0.25, 0.3) is 0 Å². The van der Waals surface area contributed by atoms with Crippen molar-refractivity contribution < 1.29 is 9.90 Å². The number of benzene rings is 1. The highest BCUT2D eigenvalue weighted by Gasteiger charge is 2.07. The first kappa shape index (κ1) is 12.8. The second-order valence-corrected chi connectivity index (χ2v) is 5.01. The predicted molar refractivity (Wildman–Crippen MR) is 77.8 cm³/mol. The summed E-state index contributed by atoms with van der Waals surface area (Å²) in [6, 6.07) is 7.05. The van der Waals surface area contributed by atoms with Crippen LogP contribution in [0.3, 0.4) is 0 Å². The molecule has 2 N–H and O–H groups in total. The summed E-state index contributed by atoms with van der Waals surface area (Å²) >= 11 is 2.21. The van der Waals surface area contributed by atoms with Crippen LogP contribution in [-0.2, 0) is 0 Å². The summed E-state index contributed by atoms with van der Waals surface area (Å²) in [5.41, 5.74) is 2.21. The lowest BCUT2D eigenvalue weighted by molar-refractivity contribution is 0.102.